The molecule has 0 unspecified atom stereocenters. The number of rotatable bonds is 6. The fourth-order valence-corrected chi connectivity index (χ4v) is 2.20. The molecule has 1 N–H and O–H groups in total. The molecular weight excluding hydrogens is 270 g/mol. The first kappa shape index (κ1) is 15.5. The maximum Gasteiger partial charge on any atom is 0.324 e. The topological polar surface area (TPSA) is 80.1 Å². The Labute approximate surface area is 124 Å². The molecule has 1 aromatic rings. The lowest BCUT2D eigenvalue weighted by Crippen LogP contribution is -2.35. The molecule has 116 valence electrons. The number of carbonyl (C=O) groups is 2. The third-order valence-electron chi connectivity index (χ3n) is 3.80. The quantitative estimate of drug-likeness (QED) is 0.803. The van der Waals surface area contributed by atoms with Gasteiger partial charge < -0.3 is 5.32 Å². The van der Waals surface area contributed by atoms with Gasteiger partial charge in [-0.15, -0.1) is 5.10 Å². The molecule has 7 nitrogen and oxygen atoms in total. The Morgan fingerprint density at radius 2 is 2.05 bits per heavy atom. The van der Waals surface area contributed by atoms with Crippen LogP contribution in [0, 0.1) is 5.92 Å². The number of urea groups is 1. The van der Waals surface area contributed by atoms with Crippen molar-refractivity contribution >= 4 is 11.9 Å². The summed E-state index contributed by atoms with van der Waals surface area (Å²) in [7, 11) is 0. The summed E-state index contributed by atoms with van der Waals surface area (Å²) in [5.74, 6) is 0.139. The minimum atomic E-state index is -0.529. The normalized spacial score (nSPS) is 20.2. The van der Waals surface area contributed by atoms with Gasteiger partial charge in [0.1, 0.15) is 6.04 Å². The Kier molecular flexibility index (Phi) is 4.59. The molecule has 3 amide bonds. The van der Waals surface area contributed by atoms with Crippen LogP contribution in [-0.2, 0) is 11.2 Å². The van der Waals surface area contributed by atoms with Gasteiger partial charge in [-0.3, -0.25) is 9.69 Å². The Morgan fingerprint density at radius 1 is 1.33 bits per heavy atom. The van der Waals surface area contributed by atoms with E-state index in [2.05, 4.69) is 15.6 Å². The maximum atomic E-state index is 12.3. The highest BCUT2D eigenvalue weighted by molar-refractivity contribution is 6.04. The fraction of sp³-hybridized carbons (Fsp3) is 0.714. The first-order valence-electron chi connectivity index (χ1n) is 7.45. The van der Waals surface area contributed by atoms with E-state index in [1.54, 1.807) is 4.68 Å². The average molecular weight is 293 g/mol. The maximum absolute atomic E-state index is 12.3. The summed E-state index contributed by atoms with van der Waals surface area (Å²) in [6.45, 7) is 8.56. The predicted octanol–water partition coefficient (Wildman–Crippen LogP) is 1.37. The number of amides is 3. The average Bonchev–Trinajstić information content (AvgIpc) is 3.00. The number of nitrogens with one attached hydrogen (secondary N) is 1. The number of imide groups is 1. The van der Waals surface area contributed by atoms with E-state index in [1.165, 1.54) is 4.90 Å². The molecule has 1 aliphatic heterocycles. The largest absolute Gasteiger partial charge is 0.325 e. The Morgan fingerprint density at radius 3 is 2.62 bits per heavy atom. The molecule has 0 saturated carbocycles. The van der Waals surface area contributed by atoms with Crippen molar-refractivity contribution in [2.75, 3.05) is 6.54 Å². The van der Waals surface area contributed by atoms with Gasteiger partial charge in [0.2, 0.25) is 0 Å². The zero-order chi connectivity index (χ0) is 15.6. The molecule has 0 bridgehead atoms. The molecule has 0 radical (unpaired) electrons. The van der Waals surface area contributed by atoms with Crippen LogP contribution in [0.3, 0.4) is 0 Å². The number of aromatic nitrogens is 3. The highest BCUT2D eigenvalue weighted by atomic mass is 16.2. The van der Waals surface area contributed by atoms with Crippen molar-refractivity contribution in [1.29, 1.82) is 0 Å². The SMILES string of the molecule is CC[C@H](C)CN1C(=O)N[C@@H](Cc2cn(C(C)C)nn2)C1=O. The molecule has 0 aromatic carbocycles. The van der Waals surface area contributed by atoms with E-state index in [-0.39, 0.29) is 18.0 Å². The number of hydrogen-bond donors (Lipinski definition) is 1. The highest BCUT2D eigenvalue weighted by Crippen LogP contribution is 2.14. The van der Waals surface area contributed by atoms with E-state index in [0.717, 1.165) is 6.42 Å². The minimum absolute atomic E-state index is 0.167. The van der Waals surface area contributed by atoms with Crippen LogP contribution in [0.5, 0.6) is 0 Å². The van der Waals surface area contributed by atoms with Crippen LogP contribution in [0.4, 0.5) is 4.79 Å². The van der Waals surface area contributed by atoms with Gasteiger partial charge >= 0.3 is 6.03 Å². The number of hydrogen-bond acceptors (Lipinski definition) is 4. The number of carbonyl (C=O) groups excluding carboxylic acids is 2. The van der Waals surface area contributed by atoms with Gasteiger partial charge in [0, 0.05) is 25.2 Å². The highest BCUT2D eigenvalue weighted by Gasteiger charge is 2.38. The monoisotopic (exact) mass is 293 g/mol. The molecular formula is C14H23N5O2. The second-order valence-electron chi connectivity index (χ2n) is 5.95. The Bertz CT molecular complexity index is 525. The Balaban J connectivity index is 2.01. The van der Waals surface area contributed by atoms with E-state index in [9.17, 15) is 9.59 Å². The van der Waals surface area contributed by atoms with Crippen molar-refractivity contribution in [2.45, 2.75) is 52.6 Å². The van der Waals surface area contributed by atoms with E-state index >= 15 is 0 Å². The van der Waals surface area contributed by atoms with Crippen molar-refractivity contribution in [3.8, 4) is 0 Å². The van der Waals surface area contributed by atoms with E-state index in [1.807, 2.05) is 33.9 Å². The summed E-state index contributed by atoms with van der Waals surface area (Å²) in [5, 5.41) is 10.8. The zero-order valence-electron chi connectivity index (χ0n) is 13.0. The van der Waals surface area contributed by atoms with Crippen LogP contribution in [0.2, 0.25) is 0 Å². The van der Waals surface area contributed by atoms with Crippen molar-refractivity contribution in [1.82, 2.24) is 25.2 Å². The lowest BCUT2D eigenvalue weighted by atomic mass is 10.1. The molecule has 1 aromatic heterocycles. The molecule has 1 fully saturated rings. The van der Waals surface area contributed by atoms with E-state index in [4.69, 9.17) is 0 Å². The second kappa shape index (κ2) is 6.24. The summed E-state index contributed by atoms with van der Waals surface area (Å²) in [6.07, 6.45) is 3.14. The standard InChI is InChI=1S/C14H23N5O2/c1-5-10(4)7-18-13(20)12(15-14(18)21)6-11-8-19(9(2)3)17-16-11/h8-10,12H,5-7H2,1-4H3,(H,15,21)/t10-,12-/m0/s1. The van der Waals surface area contributed by atoms with Crippen LogP contribution in [0.1, 0.15) is 45.9 Å². The van der Waals surface area contributed by atoms with Gasteiger partial charge in [-0.25, -0.2) is 9.48 Å². The van der Waals surface area contributed by atoms with Crippen molar-refractivity contribution in [3.05, 3.63) is 11.9 Å². The molecule has 7 heteroatoms. The minimum Gasteiger partial charge on any atom is -0.325 e. The fourth-order valence-electron chi connectivity index (χ4n) is 2.20. The molecule has 21 heavy (non-hydrogen) atoms. The first-order valence-corrected chi connectivity index (χ1v) is 7.45. The molecule has 2 heterocycles. The molecule has 2 rings (SSSR count). The molecule has 1 aliphatic rings. The van der Waals surface area contributed by atoms with Gasteiger partial charge in [-0.2, -0.15) is 0 Å². The second-order valence-corrected chi connectivity index (χ2v) is 5.95. The van der Waals surface area contributed by atoms with Gasteiger partial charge in [-0.1, -0.05) is 25.5 Å². The van der Waals surface area contributed by atoms with Crippen LogP contribution < -0.4 is 5.32 Å². The van der Waals surface area contributed by atoms with Gasteiger partial charge in [0.25, 0.3) is 5.91 Å². The smallest absolute Gasteiger partial charge is 0.324 e. The lowest BCUT2D eigenvalue weighted by Gasteiger charge is -2.16. The summed E-state index contributed by atoms with van der Waals surface area (Å²) < 4.78 is 1.74. The van der Waals surface area contributed by atoms with Gasteiger partial charge in [0.05, 0.1) is 5.69 Å². The van der Waals surface area contributed by atoms with E-state index in [0.29, 0.717) is 24.6 Å². The number of nitrogens with zero attached hydrogens (tertiary/aromatic N) is 4. The van der Waals surface area contributed by atoms with Crippen LogP contribution in [0.15, 0.2) is 6.20 Å². The van der Waals surface area contributed by atoms with Gasteiger partial charge in [0.15, 0.2) is 0 Å². The molecule has 1 saturated heterocycles. The van der Waals surface area contributed by atoms with Crippen molar-refractivity contribution in [3.63, 3.8) is 0 Å². The first-order chi connectivity index (χ1) is 9.92. The summed E-state index contributed by atoms with van der Waals surface area (Å²) >= 11 is 0. The van der Waals surface area contributed by atoms with Crippen molar-refractivity contribution in [2.24, 2.45) is 5.92 Å². The molecule has 0 spiro atoms. The van der Waals surface area contributed by atoms with Crippen LogP contribution in [0.25, 0.3) is 0 Å². The van der Waals surface area contributed by atoms with Crippen molar-refractivity contribution < 1.29 is 9.59 Å². The lowest BCUT2D eigenvalue weighted by molar-refractivity contribution is -0.127. The molecule has 0 aliphatic carbocycles. The predicted molar refractivity (Wildman–Crippen MR) is 77.6 cm³/mol. The zero-order valence-corrected chi connectivity index (χ0v) is 13.0. The third-order valence-corrected chi connectivity index (χ3v) is 3.80. The summed E-state index contributed by atoms with van der Waals surface area (Å²) in [4.78, 5) is 25.5. The Hall–Kier alpha value is -1.92. The van der Waals surface area contributed by atoms with Crippen LogP contribution in [-0.4, -0.2) is 44.4 Å². The summed E-state index contributed by atoms with van der Waals surface area (Å²) in [5.41, 5.74) is 0.715. The molecule has 2 atom stereocenters. The third kappa shape index (κ3) is 3.40. The van der Waals surface area contributed by atoms with E-state index < -0.39 is 6.04 Å². The van der Waals surface area contributed by atoms with Gasteiger partial charge in [-0.05, 0) is 19.8 Å². The van der Waals surface area contributed by atoms with Crippen LogP contribution >= 0.6 is 0 Å². The summed E-state index contributed by atoms with van der Waals surface area (Å²) in [6, 6.07) is -0.609.